The van der Waals surface area contributed by atoms with Crippen LogP contribution in [0.3, 0.4) is 0 Å². The molecule has 3 nitrogen and oxygen atoms in total. The highest BCUT2D eigenvalue weighted by atomic mass is 32.1. The van der Waals surface area contributed by atoms with Gasteiger partial charge in [-0.1, -0.05) is 32.0 Å². The predicted molar refractivity (Wildman–Crippen MR) is 95.6 cm³/mol. The second kappa shape index (κ2) is 6.97. The summed E-state index contributed by atoms with van der Waals surface area (Å²) in [6.45, 7) is 9.00. The summed E-state index contributed by atoms with van der Waals surface area (Å²) >= 11 is 1.52. The molecule has 0 spiro atoms. The van der Waals surface area contributed by atoms with Gasteiger partial charge in [-0.15, -0.1) is 11.3 Å². The monoisotopic (exact) mass is 316 g/mol. The molecule has 0 atom stereocenters. The van der Waals surface area contributed by atoms with Crippen LogP contribution in [-0.2, 0) is 6.42 Å². The maximum Gasteiger partial charge on any atom is 0.254 e. The molecule has 0 fully saturated rings. The first-order chi connectivity index (χ1) is 10.5. The van der Waals surface area contributed by atoms with Gasteiger partial charge in [0, 0.05) is 17.0 Å². The van der Waals surface area contributed by atoms with Crippen molar-refractivity contribution >= 4 is 22.2 Å². The van der Waals surface area contributed by atoms with E-state index in [1.54, 1.807) is 0 Å². The van der Waals surface area contributed by atoms with E-state index in [0.29, 0.717) is 17.1 Å². The Morgan fingerprint density at radius 3 is 2.55 bits per heavy atom. The summed E-state index contributed by atoms with van der Waals surface area (Å²) in [4.78, 5) is 13.7. The van der Waals surface area contributed by atoms with E-state index in [4.69, 9.17) is 5.73 Å². The number of nitrogens with one attached hydrogen (secondary N) is 1. The van der Waals surface area contributed by atoms with Crippen molar-refractivity contribution in [2.45, 2.75) is 40.5 Å². The molecule has 3 N–H and O–H groups in total. The third-order valence-electron chi connectivity index (χ3n) is 3.89. The third-order valence-corrected chi connectivity index (χ3v) is 5.05. The van der Waals surface area contributed by atoms with Crippen LogP contribution in [0.5, 0.6) is 0 Å². The van der Waals surface area contributed by atoms with Crippen LogP contribution in [0.25, 0.3) is 11.1 Å². The van der Waals surface area contributed by atoms with Crippen molar-refractivity contribution in [1.82, 2.24) is 5.32 Å². The van der Waals surface area contributed by atoms with Crippen molar-refractivity contribution in [3.05, 3.63) is 39.8 Å². The van der Waals surface area contributed by atoms with E-state index in [1.165, 1.54) is 27.3 Å². The zero-order chi connectivity index (χ0) is 16.3. The lowest BCUT2D eigenvalue weighted by Crippen LogP contribution is -2.24. The molecule has 0 saturated carbocycles. The van der Waals surface area contributed by atoms with Gasteiger partial charge in [0.05, 0.1) is 10.6 Å². The molecular formula is C18H24N2OS. The molecule has 22 heavy (non-hydrogen) atoms. The molecule has 1 aromatic heterocycles. The van der Waals surface area contributed by atoms with Crippen LogP contribution in [0, 0.1) is 13.8 Å². The molecule has 2 rings (SSSR count). The molecule has 0 unspecified atom stereocenters. The second-order valence-electron chi connectivity index (χ2n) is 5.55. The smallest absolute Gasteiger partial charge is 0.254 e. The minimum atomic E-state index is -0.0662. The normalized spacial score (nSPS) is 10.7. The van der Waals surface area contributed by atoms with Gasteiger partial charge >= 0.3 is 0 Å². The maximum absolute atomic E-state index is 12.5. The van der Waals surface area contributed by atoms with E-state index in [1.807, 2.05) is 6.92 Å². The standard InChI is InChI=1S/C18H24N2OS/c1-5-9-20-18(21)16-15(14(6-2)22-17(16)19)13-8-7-11(3)12(4)10-13/h7-8,10H,5-6,9,19H2,1-4H3,(H,20,21). The highest BCUT2D eigenvalue weighted by Crippen LogP contribution is 2.39. The van der Waals surface area contributed by atoms with Crippen LogP contribution in [-0.4, -0.2) is 12.5 Å². The van der Waals surface area contributed by atoms with Crippen LogP contribution in [0.1, 0.15) is 46.6 Å². The van der Waals surface area contributed by atoms with Crippen molar-refractivity contribution in [1.29, 1.82) is 0 Å². The Bertz CT molecular complexity index is 689. The highest BCUT2D eigenvalue weighted by molar-refractivity contribution is 7.17. The predicted octanol–water partition coefficient (Wildman–Crippen LogP) is 4.32. The first kappa shape index (κ1) is 16.6. The minimum absolute atomic E-state index is 0.0662. The van der Waals surface area contributed by atoms with Gasteiger partial charge in [-0.3, -0.25) is 4.79 Å². The molecule has 0 aliphatic rings. The second-order valence-corrected chi connectivity index (χ2v) is 6.68. The summed E-state index contributed by atoms with van der Waals surface area (Å²) in [6, 6.07) is 6.33. The summed E-state index contributed by atoms with van der Waals surface area (Å²) in [5, 5.41) is 3.56. The van der Waals surface area contributed by atoms with Crippen LogP contribution < -0.4 is 11.1 Å². The SMILES string of the molecule is CCCNC(=O)c1c(N)sc(CC)c1-c1ccc(C)c(C)c1. The number of carbonyl (C=O) groups excluding carboxylic acids is 1. The van der Waals surface area contributed by atoms with Gasteiger partial charge in [-0.25, -0.2) is 0 Å². The van der Waals surface area contributed by atoms with Crippen LogP contribution in [0.2, 0.25) is 0 Å². The van der Waals surface area contributed by atoms with E-state index in [2.05, 4.69) is 44.3 Å². The summed E-state index contributed by atoms with van der Waals surface area (Å²) in [5.41, 5.74) is 11.3. The Kier molecular flexibility index (Phi) is 5.24. The summed E-state index contributed by atoms with van der Waals surface area (Å²) in [6.07, 6.45) is 1.79. The fraction of sp³-hybridized carbons (Fsp3) is 0.389. The van der Waals surface area contributed by atoms with Gasteiger partial charge < -0.3 is 11.1 Å². The summed E-state index contributed by atoms with van der Waals surface area (Å²) in [7, 11) is 0. The topological polar surface area (TPSA) is 55.1 Å². The van der Waals surface area contributed by atoms with E-state index >= 15 is 0 Å². The van der Waals surface area contributed by atoms with Gasteiger partial charge in [-0.05, 0) is 43.4 Å². The number of rotatable bonds is 5. The fourth-order valence-electron chi connectivity index (χ4n) is 2.50. The largest absolute Gasteiger partial charge is 0.390 e. The van der Waals surface area contributed by atoms with Gasteiger partial charge in [0.15, 0.2) is 0 Å². The molecule has 1 amide bonds. The summed E-state index contributed by atoms with van der Waals surface area (Å²) in [5.74, 6) is -0.0662. The Labute approximate surface area is 136 Å². The first-order valence-electron chi connectivity index (χ1n) is 7.76. The Morgan fingerprint density at radius 1 is 1.23 bits per heavy atom. The number of hydrogen-bond acceptors (Lipinski definition) is 3. The van der Waals surface area contributed by atoms with E-state index in [0.717, 1.165) is 24.0 Å². The zero-order valence-electron chi connectivity index (χ0n) is 13.7. The lowest BCUT2D eigenvalue weighted by molar-refractivity contribution is 0.0955. The number of amides is 1. The molecule has 0 aliphatic carbocycles. The molecule has 118 valence electrons. The Morgan fingerprint density at radius 2 is 1.95 bits per heavy atom. The number of nitrogen functional groups attached to an aromatic ring is 1. The van der Waals surface area contributed by atoms with E-state index in [9.17, 15) is 4.79 Å². The van der Waals surface area contributed by atoms with Crippen LogP contribution >= 0.6 is 11.3 Å². The van der Waals surface area contributed by atoms with Crippen molar-refractivity contribution < 1.29 is 4.79 Å². The minimum Gasteiger partial charge on any atom is -0.390 e. The van der Waals surface area contributed by atoms with Gasteiger partial charge in [0.2, 0.25) is 0 Å². The van der Waals surface area contributed by atoms with Crippen molar-refractivity contribution in [2.75, 3.05) is 12.3 Å². The lowest BCUT2D eigenvalue weighted by atomic mass is 9.96. The number of benzene rings is 1. The summed E-state index contributed by atoms with van der Waals surface area (Å²) < 4.78 is 0. The molecule has 0 radical (unpaired) electrons. The fourth-order valence-corrected chi connectivity index (χ4v) is 3.53. The highest BCUT2D eigenvalue weighted by Gasteiger charge is 2.22. The number of thiophene rings is 1. The molecule has 1 heterocycles. The lowest BCUT2D eigenvalue weighted by Gasteiger charge is -2.10. The average molecular weight is 316 g/mol. The molecule has 2 aromatic rings. The molecule has 0 aliphatic heterocycles. The zero-order valence-corrected chi connectivity index (χ0v) is 14.6. The van der Waals surface area contributed by atoms with Gasteiger partial charge in [0.25, 0.3) is 5.91 Å². The molecule has 0 bridgehead atoms. The maximum atomic E-state index is 12.5. The number of anilines is 1. The van der Waals surface area contributed by atoms with Crippen molar-refractivity contribution in [3.63, 3.8) is 0 Å². The molecule has 0 saturated heterocycles. The van der Waals surface area contributed by atoms with E-state index in [-0.39, 0.29) is 5.91 Å². The van der Waals surface area contributed by atoms with Crippen molar-refractivity contribution in [2.24, 2.45) is 0 Å². The van der Waals surface area contributed by atoms with Crippen molar-refractivity contribution in [3.8, 4) is 11.1 Å². The van der Waals surface area contributed by atoms with Crippen LogP contribution in [0.4, 0.5) is 5.00 Å². The third kappa shape index (κ3) is 3.17. The average Bonchev–Trinajstić information content (AvgIpc) is 2.84. The van der Waals surface area contributed by atoms with Gasteiger partial charge in [0.1, 0.15) is 0 Å². The Hall–Kier alpha value is -1.81. The van der Waals surface area contributed by atoms with Gasteiger partial charge in [-0.2, -0.15) is 0 Å². The molecule has 4 heteroatoms. The Balaban J connectivity index is 2.57. The number of hydrogen-bond donors (Lipinski definition) is 2. The quantitative estimate of drug-likeness (QED) is 0.863. The number of carbonyl (C=O) groups is 1. The van der Waals surface area contributed by atoms with E-state index < -0.39 is 0 Å². The number of nitrogens with two attached hydrogens (primary N) is 1. The molecular weight excluding hydrogens is 292 g/mol. The van der Waals surface area contributed by atoms with Crippen LogP contribution in [0.15, 0.2) is 18.2 Å². The molecule has 1 aromatic carbocycles. The first-order valence-corrected chi connectivity index (χ1v) is 8.58. The number of aryl methyl sites for hydroxylation is 3.